The fourth-order valence-corrected chi connectivity index (χ4v) is 0.905. The third kappa shape index (κ3) is 1.64. The van der Waals surface area contributed by atoms with Crippen LogP contribution in [0.5, 0.6) is 0 Å². The Labute approximate surface area is 66.9 Å². The highest BCUT2D eigenvalue weighted by atomic mass is 32.1. The van der Waals surface area contributed by atoms with Crippen LogP contribution < -0.4 is 0 Å². The van der Waals surface area contributed by atoms with E-state index in [0.717, 1.165) is 5.92 Å². The first-order valence-corrected chi connectivity index (χ1v) is 3.66. The number of hydrogen-bond acceptors (Lipinski definition) is 1. The molecule has 0 N–H and O–H groups in total. The molecule has 0 amide bonds. The summed E-state index contributed by atoms with van der Waals surface area (Å²) in [6.07, 6.45) is 0. The molecular formula is C9H9S. The second-order valence-electron chi connectivity index (χ2n) is 2.17. The standard InChI is InChI=1S/C9H9S/c1-8(7-10)9-5-3-2-4-6-9/h2-7H,1H3. The largest absolute Gasteiger partial charge is 0.0925 e. The van der Waals surface area contributed by atoms with Gasteiger partial charge < -0.3 is 0 Å². The summed E-state index contributed by atoms with van der Waals surface area (Å²) in [5, 5.41) is 1.70. The van der Waals surface area contributed by atoms with Crippen molar-refractivity contribution in [1.82, 2.24) is 0 Å². The molecule has 0 fully saturated rings. The summed E-state index contributed by atoms with van der Waals surface area (Å²) >= 11 is 4.79. The first-order valence-electron chi connectivity index (χ1n) is 3.19. The zero-order valence-corrected chi connectivity index (χ0v) is 6.69. The van der Waals surface area contributed by atoms with Crippen LogP contribution in [0.4, 0.5) is 0 Å². The lowest BCUT2D eigenvalue weighted by Gasteiger charge is -2.01. The molecule has 1 rings (SSSR count). The normalized spacial score (nSPS) is 9.80. The Hall–Kier alpha value is -0.690. The smallest absolute Gasteiger partial charge is 0.0344 e. The Kier molecular flexibility index (Phi) is 2.57. The SMILES string of the molecule is C[C](C=S)c1ccccc1. The molecule has 1 radical (unpaired) electrons. The molecule has 0 saturated heterocycles. The van der Waals surface area contributed by atoms with Crippen LogP contribution in [0.25, 0.3) is 0 Å². The van der Waals surface area contributed by atoms with Gasteiger partial charge in [-0.1, -0.05) is 42.5 Å². The van der Waals surface area contributed by atoms with E-state index in [9.17, 15) is 0 Å². The minimum Gasteiger partial charge on any atom is -0.0925 e. The van der Waals surface area contributed by atoms with E-state index in [1.807, 2.05) is 25.1 Å². The van der Waals surface area contributed by atoms with E-state index in [2.05, 4.69) is 12.1 Å². The lowest BCUT2D eigenvalue weighted by molar-refractivity contribution is 1.34. The molecule has 0 unspecified atom stereocenters. The first kappa shape index (κ1) is 7.42. The van der Waals surface area contributed by atoms with Crippen molar-refractivity contribution in [3.8, 4) is 0 Å². The van der Waals surface area contributed by atoms with Crippen LogP contribution in [0.15, 0.2) is 30.3 Å². The van der Waals surface area contributed by atoms with Crippen molar-refractivity contribution in [2.75, 3.05) is 0 Å². The zero-order valence-electron chi connectivity index (χ0n) is 5.87. The average molecular weight is 149 g/mol. The van der Waals surface area contributed by atoms with Crippen LogP contribution in [-0.2, 0) is 0 Å². The molecule has 0 aliphatic rings. The van der Waals surface area contributed by atoms with Crippen molar-refractivity contribution < 1.29 is 0 Å². The molecule has 0 aromatic heterocycles. The van der Waals surface area contributed by atoms with Gasteiger partial charge in [0.15, 0.2) is 0 Å². The zero-order chi connectivity index (χ0) is 7.40. The van der Waals surface area contributed by atoms with Gasteiger partial charge in [0.05, 0.1) is 0 Å². The maximum absolute atomic E-state index is 4.79. The second kappa shape index (κ2) is 3.47. The Morgan fingerprint density at radius 2 is 1.90 bits per heavy atom. The molecule has 0 aliphatic carbocycles. The van der Waals surface area contributed by atoms with Gasteiger partial charge in [-0.2, -0.15) is 0 Å². The molecule has 1 heteroatoms. The summed E-state index contributed by atoms with van der Waals surface area (Å²) in [5.41, 5.74) is 1.21. The Bertz CT molecular complexity index is 203. The third-order valence-electron chi connectivity index (χ3n) is 1.41. The van der Waals surface area contributed by atoms with Crippen LogP contribution in [0.3, 0.4) is 0 Å². The van der Waals surface area contributed by atoms with Crippen molar-refractivity contribution in [2.45, 2.75) is 6.92 Å². The van der Waals surface area contributed by atoms with Crippen molar-refractivity contribution in [2.24, 2.45) is 0 Å². The monoisotopic (exact) mass is 149 g/mol. The van der Waals surface area contributed by atoms with Gasteiger partial charge in [0.25, 0.3) is 0 Å². The van der Waals surface area contributed by atoms with Gasteiger partial charge in [-0.05, 0) is 17.9 Å². The summed E-state index contributed by atoms with van der Waals surface area (Å²) in [4.78, 5) is 0. The van der Waals surface area contributed by atoms with Crippen LogP contribution in [0.2, 0.25) is 0 Å². The number of thiocarbonyl (C=S) groups is 1. The predicted octanol–water partition coefficient (Wildman–Crippen LogP) is 2.63. The van der Waals surface area contributed by atoms with E-state index >= 15 is 0 Å². The van der Waals surface area contributed by atoms with Gasteiger partial charge in [0.1, 0.15) is 0 Å². The van der Waals surface area contributed by atoms with Gasteiger partial charge in [-0.15, -0.1) is 0 Å². The van der Waals surface area contributed by atoms with Crippen molar-refractivity contribution in [3.05, 3.63) is 41.8 Å². The average Bonchev–Trinajstić information content (AvgIpc) is 2.05. The second-order valence-corrected chi connectivity index (χ2v) is 2.40. The summed E-state index contributed by atoms with van der Waals surface area (Å²) in [5.74, 6) is 1.15. The van der Waals surface area contributed by atoms with E-state index < -0.39 is 0 Å². The third-order valence-corrected chi connectivity index (χ3v) is 1.76. The van der Waals surface area contributed by atoms with Crippen molar-refractivity contribution >= 4 is 17.6 Å². The number of benzene rings is 1. The highest BCUT2D eigenvalue weighted by Crippen LogP contribution is 2.10. The van der Waals surface area contributed by atoms with E-state index in [1.165, 1.54) is 5.56 Å². The fraction of sp³-hybridized carbons (Fsp3) is 0.111. The molecule has 0 atom stereocenters. The highest BCUT2D eigenvalue weighted by molar-refractivity contribution is 7.79. The fourth-order valence-electron chi connectivity index (χ4n) is 0.769. The molecule has 0 aliphatic heterocycles. The topological polar surface area (TPSA) is 0 Å². The van der Waals surface area contributed by atoms with Gasteiger partial charge in [0, 0.05) is 5.92 Å². The molecular weight excluding hydrogens is 140 g/mol. The van der Waals surface area contributed by atoms with Crippen molar-refractivity contribution in [3.63, 3.8) is 0 Å². The lowest BCUT2D eigenvalue weighted by atomic mass is 10.0. The lowest BCUT2D eigenvalue weighted by Crippen LogP contribution is -1.91. The predicted molar refractivity (Wildman–Crippen MR) is 48.1 cm³/mol. The van der Waals surface area contributed by atoms with E-state index in [0.29, 0.717) is 0 Å². The highest BCUT2D eigenvalue weighted by Gasteiger charge is 1.98. The number of hydrogen-bond donors (Lipinski definition) is 0. The van der Waals surface area contributed by atoms with E-state index in [-0.39, 0.29) is 0 Å². The van der Waals surface area contributed by atoms with Crippen LogP contribution in [-0.4, -0.2) is 5.37 Å². The Morgan fingerprint density at radius 1 is 1.30 bits per heavy atom. The molecule has 1 aromatic carbocycles. The molecule has 0 saturated carbocycles. The molecule has 0 bridgehead atoms. The van der Waals surface area contributed by atoms with Gasteiger partial charge >= 0.3 is 0 Å². The Morgan fingerprint density at radius 3 is 2.40 bits per heavy atom. The Balaban J connectivity index is 2.84. The van der Waals surface area contributed by atoms with Crippen molar-refractivity contribution in [1.29, 1.82) is 0 Å². The molecule has 0 spiro atoms. The van der Waals surface area contributed by atoms with E-state index in [4.69, 9.17) is 12.2 Å². The maximum atomic E-state index is 4.79. The summed E-state index contributed by atoms with van der Waals surface area (Å²) in [6.45, 7) is 2.02. The minimum absolute atomic E-state index is 1.15. The molecule has 0 nitrogen and oxygen atoms in total. The van der Waals surface area contributed by atoms with Gasteiger partial charge in [0.2, 0.25) is 0 Å². The summed E-state index contributed by atoms with van der Waals surface area (Å²) in [7, 11) is 0. The minimum atomic E-state index is 1.15. The maximum Gasteiger partial charge on any atom is 0.0344 e. The van der Waals surface area contributed by atoms with Crippen LogP contribution in [0.1, 0.15) is 12.5 Å². The molecule has 0 heterocycles. The van der Waals surface area contributed by atoms with Crippen LogP contribution >= 0.6 is 12.2 Å². The molecule has 1 aromatic rings. The molecule has 10 heavy (non-hydrogen) atoms. The quantitative estimate of drug-likeness (QED) is 0.582. The van der Waals surface area contributed by atoms with Crippen LogP contribution in [0, 0.1) is 5.92 Å². The van der Waals surface area contributed by atoms with Gasteiger partial charge in [-0.3, -0.25) is 0 Å². The first-order chi connectivity index (χ1) is 4.84. The summed E-state index contributed by atoms with van der Waals surface area (Å²) < 4.78 is 0. The van der Waals surface area contributed by atoms with E-state index in [1.54, 1.807) is 5.37 Å². The molecule has 51 valence electrons. The summed E-state index contributed by atoms with van der Waals surface area (Å²) in [6, 6.07) is 10.1. The number of rotatable bonds is 2. The van der Waals surface area contributed by atoms with Gasteiger partial charge in [-0.25, -0.2) is 0 Å².